The van der Waals surface area contributed by atoms with Gasteiger partial charge in [0.25, 0.3) is 5.91 Å². The highest BCUT2D eigenvalue weighted by atomic mass is 16.5. The summed E-state index contributed by atoms with van der Waals surface area (Å²) in [6.45, 7) is 12.6. The molecule has 5 atom stereocenters. The van der Waals surface area contributed by atoms with E-state index in [0.29, 0.717) is 53.0 Å². The number of nitrogens with zero attached hydrogens (tertiary/aromatic N) is 2. The lowest BCUT2D eigenvalue weighted by Gasteiger charge is -2.33. The molecule has 4 rings (SSSR count). The number of benzene rings is 3. The third-order valence-corrected chi connectivity index (χ3v) is 11.3. The zero-order valence-corrected chi connectivity index (χ0v) is 36.5. The van der Waals surface area contributed by atoms with Gasteiger partial charge in [0.2, 0.25) is 23.6 Å². The number of hydrogen-bond acceptors (Lipinski definition) is 10. The van der Waals surface area contributed by atoms with Crippen molar-refractivity contribution in [3.05, 3.63) is 88.0 Å². The van der Waals surface area contributed by atoms with Gasteiger partial charge < -0.3 is 48.1 Å². The number of nitrogens with two attached hydrogens (primary N) is 3. The molecular weight excluding hydrogens is 775 g/mol. The molecular formula is C46H63N9O6. The number of ether oxygens (including phenoxy) is 1. The summed E-state index contributed by atoms with van der Waals surface area (Å²) in [4.78, 5) is 71.3. The molecule has 0 saturated carbocycles. The highest BCUT2D eigenvalue weighted by Crippen LogP contribution is 2.38. The van der Waals surface area contributed by atoms with Gasteiger partial charge in [-0.15, -0.1) is 0 Å². The number of nitrogens with one attached hydrogen (secondary N) is 4. The van der Waals surface area contributed by atoms with E-state index >= 15 is 0 Å². The van der Waals surface area contributed by atoms with Crippen LogP contribution in [0.3, 0.4) is 0 Å². The van der Waals surface area contributed by atoms with E-state index in [1.807, 2.05) is 43.3 Å². The minimum absolute atomic E-state index is 0.00693. The summed E-state index contributed by atoms with van der Waals surface area (Å²) < 4.78 is 6.13. The lowest BCUT2D eigenvalue weighted by Crippen LogP contribution is -2.56. The highest BCUT2D eigenvalue weighted by Gasteiger charge is 2.36. The van der Waals surface area contributed by atoms with Crippen LogP contribution in [0, 0.1) is 23.7 Å². The summed E-state index contributed by atoms with van der Waals surface area (Å²) in [5.74, 6) is -2.26. The molecule has 0 fully saturated rings. The van der Waals surface area contributed by atoms with Crippen LogP contribution in [0.25, 0.3) is 11.1 Å². The molecule has 3 aromatic carbocycles. The van der Waals surface area contributed by atoms with Gasteiger partial charge in [-0.05, 0) is 115 Å². The van der Waals surface area contributed by atoms with Gasteiger partial charge in [0.05, 0.1) is 6.07 Å². The predicted octanol–water partition coefficient (Wildman–Crippen LogP) is 2.87. The van der Waals surface area contributed by atoms with Crippen LogP contribution < -0.4 is 43.2 Å². The van der Waals surface area contributed by atoms with E-state index < -0.39 is 53.7 Å². The molecule has 0 aliphatic carbocycles. The van der Waals surface area contributed by atoms with Gasteiger partial charge in [-0.2, -0.15) is 5.26 Å². The Kier molecular flexibility index (Phi) is 17.0. The zero-order valence-electron chi connectivity index (χ0n) is 36.5. The fraction of sp³-hybridized carbons (Fsp3) is 0.478. The van der Waals surface area contributed by atoms with Crippen LogP contribution in [0.5, 0.6) is 5.75 Å². The van der Waals surface area contributed by atoms with Crippen LogP contribution in [-0.4, -0.2) is 92.4 Å². The van der Waals surface area contributed by atoms with Crippen molar-refractivity contribution >= 4 is 29.5 Å². The van der Waals surface area contributed by atoms with Crippen molar-refractivity contribution in [3.8, 4) is 22.9 Å². The van der Waals surface area contributed by atoms with Crippen molar-refractivity contribution in [2.24, 2.45) is 22.6 Å². The van der Waals surface area contributed by atoms with E-state index in [9.17, 15) is 24.0 Å². The van der Waals surface area contributed by atoms with Crippen molar-refractivity contribution in [3.63, 3.8) is 0 Å². The van der Waals surface area contributed by atoms with Crippen molar-refractivity contribution < 1.29 is 28.7 Å². The van der Waals surface area contributed by atoms with E-state index in [-0.39, 0.29) is 50.4 Å². The third-order valence-electron chi connectivity index (χ3n) is 11.3. The standard InChI is InChI=1S/C46H63N9O6/c1-27-23-32(28(2)46(4,5)6)13-14-34(27)42(57)53-37(16-18-48)45(60)55(7)40-33-12-11-31(9-8-17-47)35(26-33)36-24-30(10-15-39(36)61-22-20-50)25-38(43(58)51-21-19-49)54-41(56)29(3)52-44(40)59/h10-15,23-24,26,28-29,37-38,40H,8-9,16-18,20-22,25,47-48,50H2,1-7H3,(H,51,58)(H,52,59)(H,53,57)(H,54,56)/t28?,29-,37-,38-,40-/m0/s1. The van der Waals surface area contributed by atoms with Crippen LogP contribution >= 0.6 is 0 Å². The first-order valence-corrected chi connectivity index (χ1v) is 20.9. The molecule has 0 saturated heterocycles. The second-order valence-electron chi connectivity index (χ2n) is 16.8. The largest absolute Gasteiger partial charge is 0.492 e. The molecule has 0 radical (unpaired) electrons. The van der Waals surface area contributed by atoms with E-state index in [4.69, 9.17) is 27.2 Å². The fourth-order valence-corrected chi connectivity index (χ4v) is 7.38. The second-order valence-corrected chi connectivity index (χ2v) is 16.8. The van der Waals surface area contributed by atoms with Gasteiger partial charge in [-0.25, -0.2) is 0 Å². The number of amides is 5. The summed E-state index contributed by atoms with van der Waals surface area (Å²) >= 11 is 0. The number of rotatable bonds is 15. The van der Waals surface area contributed by atoms with Crippen LogP contribution in [0.1, 0.15) is 97.6 Å². The van der Waals surface area contributed by atoms with E-state index in [0.717, 1.165) is 16.7 Å². The Labute approximate surface area is 359 Å². The van der Waals surface area contributed by atoms with Crippen molar-refractivity contribution in [1.82, 2.24) is 26.2 Å². The maximum absolute atomic E-state index is 14.6. The van der Waals surface area contributed by atoms with E-state index in [2.05, 4.69) is 49.0 Å². The summed E-state index contributed by atoms with van der Waals surface area (Å²) in [7, 11) is 1.47. The minimum Gasteiger partial charge on any atom is -0.492 e. The zero-order chi connectivity index (χ0) is 45.0. The Morgan fingerprint density at radius 1 is 0.967 bits per heavy atom. The highest BCUT2D eigenvalue weighted by molar-refractivity contribution is 6.00. The summed E-state index contributed by atoms with van der Waals surface area (Å²) in [5, 5.41) is 20.1. The number of aryl methyl sites for hydroxylation is 2. The summed E-state index contributed by atoms with van der Waals surface area (Å²) in [5.41, 5.74) is 23.4. The van der Waals surface area contributed by atoms with Crippen LogP contribution in [0.4, 0.5) is 0 Å². The molecule has 328 valence electrons. The molecule has 4 bridgehead atoms. The fourth-order valence-electron chi connectivity index (χ4n) is 7.38. The number of carbonyl (C=O) groups excluding carboxylic acids is 5. The van der Waals surface area contributed by atoms with Crippen molar-refractivity contribution in [2.45, 2.75) is 97.3 Å². The first kappa shape index (κ1) is 47.9. The molecule has 1 aliphatic heterocycles. The average Bonchev–Trinajstić information content (AvgIpc) is 3.22. The third kappa shape index (κ3) is 12.2. The second kappa shape index (κ2) is 21.6. The molecule has 1 unspecified atom stereocenters. The van der Waals surface area contributed by atoms with Gasteiger partial charge >= 0.3 is 0 Å². The molecule has 0 aromatic heterocycles. The molecule has 15 heteroatoms. The lowest BCUT2D eigenvalue weighted by molar-refractivity contribution is -0.141. The molecule has 1 aliphatic rings. The Morgan fingerprint density at radius 3 is 2.34 bits per heavy atom. The first-order valence-electron chi connectivity index (χ1n) is 20.9. The summed E-state index contributed by atoms with van der Waals surface area (Å²) in [6, 6.07) is 13.7. The first-order chi connectivity index (χ1) is 28.9. The Balaban J connectivity index is 1.85. The topological polar surface area (TPSA) is 248 Å². The minimum atomic E-state index is -1.31. The van der Waals surface area contributed by atoms with Crippen LogP contribution in [0.2, 0.25) is 0 Å². The summed E-state index contributed by atoms with van der Waals surface area (Å²) in [6.07, 6.45) is 1.36. The number of carbonyl (C=O) groups is 5. The predicted molar refractivity (Wildman–Crippen MR) is 235 cm³/mol. The van der Waals surface area contributed by atoms with Crippen LogP contribution in [0.15, 0.2) is 54.6 Å². The number of nitriles is 1. The molecule has 5 amide bonds. The molecule has 61 heavy (non-hydrogen) atoms. The lowest BCUT2D eigenvalue weighted by atomic mass is 9.77. The Hall–Kier alpha value is -5.82. The monoisotopic (exact) mass is 837 g/mol. The smallest absolute Gasteiger partial charge is 0.252 e. The van der Waals surface area contributed by atoms with Gasteiger partial charge in [-0.3, -0.25) is 24.0 Å². The molecule has 1 heterocycles. The molecule has 10 N–H and O–H groups in total. The maximum Gasteiger partial charge on any atom is 0.252 e. The van der Waals surface area contributed by atoms with Crippen LogP contribution in [-0.2, 0) is 32.0 Å². The van der Waals surface area contributed by atoms with Crippen molar-refractivity contribution in [2.75, 3.05) is 39.8 Å². The molecule has 0 spiro atoms. The number of hydrogen-bond donors (Lipinski definition) is 7. The van der Waals surface area contributed by atoms with E-state index in [1.165, 1.54) is 18.9 Å². The van der Waals surface area contributed by atoms with Crippen molar-refractivity contribution in [1.29, 1.82) is 5.26 Å². The molecule has 15 nitrogen and oxygen atoms in total. The van der Waals surface area contributed by atoms with Gasteiger partial charge in [0.1, 0.15) is 43.1 Å². The number of fused-ring (bicyclic) bond motifs is 5. The Morgan fingerprint density at radius 2 is 1.70 bits per heavy atom. The number of likely N-dealkylation sites (N-methyl/N-ethyl adjacent to an activating group) is 1. The molecule has 3 aromatic rings. The quantitative estimate of drug-likeness (QED) is 0.110. The average molecular weight is 838 g/mol. The van der Waals surface area contributed by atoms with Gasteiger partial charge in [0.15, 0.2) is 0 Å². The van der Waals surface area contributed by atoms with Gasteiger partial charge in [0, 0.05) is 31.1 Å². The normalized spacial score (nSPS) is 17.7. The SMILES string of the molecule is Cc1cc(C(C)C(C)(C)C)ccc1C(=O)N[C@@H](CCN)C(=O)N(C)[C@@H]1C(=O)N[C@@H](C)C(=O)N[C@H](C(=O)NCC#N)Cc2ccc(OCCN)c(c2)-c2cc1ccc2CCCN. The van der Waals surface area contributed by atoms with Gasteiger partial charge in [-0.1, -0.05) is 58.0 Å². The Bertz CT molecular complexity index is 2110. The maximum atomic E-state index is 14.6. The van der Waals surface area contributed by atoms with E-state index in [1.54, 1.807) is 24.3 Å².